The SMILES string of the molecule is CCN(CC)C(=O)c1ccc(CN2C(=O)COc3ccc(C(=O)COc4cc(C)ccc4F)cc32)o1. The molecule has 9 heteroatoms. The highest BCUT2D eigenvalue weighted by Gasteiger charge is 2.28. The molecule has 0 unspecified atom stereocenters. The van der Waals surface area contributed by atoms with Crippen LogP contribution in [0.5, 0.6) is 11.5 Å². The van der Waals surface area contributed by atoms with Crippen molar-refractivity contribution >= 4 is 23.3 Å². The van der Waals surface area contributed by atoms with E-state index in [-0.39, 0.29) is 54.4 Å². The Morgan fingerprint density at radius 3 is 2.61 bits per heavy atom. The molecular formula is C27H27FN2O6. The number of furan rings is 1. The molecule has 1 aliphatic rings. The lowest BCUT2D eigenvalue weighted by molar-refractivity contribution is -0.121. The van der Waals surface area contributed by atoms with Crippen molar-refractivity contribution in [1.29, 1.82) is 0 Å². The summed E-state index contributed by atoms with van der Waals surface area (Å²) in [5.74, 6) is -0.447. The zero-order valence-corrected chi connectivity index (χ0v) is 20.4. The lowest BCUT2D eigenvalue weighted by Crippen LogP contribution is -2.38. The quantitative estimate of drug-likeness (QED) is 0.410. The minimum absolute atomic E-state index is 0.00525. The van der Waals surface area contributed by atoms with Gasteiger partial charge in [-0.15, -0.1) is 0 Å². The molecule has 0 aliphatic carbocycles. The fraction of sp³-hybridized carbons (Fsp3) is 0.296. The minimum atomic E-state index is -0.554. The Hall–Kier alpha value is -4.14. The summed E-state index contributed by atoms with van der Waals surface area (Å²) in [4.78, 5) is 41.1. The van der Waals surface area contributed by atoms with Gasteiger partial charge in [0.25, 0.3) is 11.8 Å². The van der Waals surface area contributed by atoms with E-state index in [1.54, 1.807) is 42.2 Å². The number of ether oxygens (including phenoxy) is 2. The lowest BCUT2D eigenvalue weighted by atomic mass is 10.1. The fourth-order valence-corrected chi connectivity index (χ4v) is 3.90. The van der Waals surface area contributed by atoms with Crippen LogP contribution >= 0.6 is 0 Å². The summed E-state index contributed by atoms with van der Waals surface area (Å²) in [6, 6.07) is 12.4. The summed E-state index contributed by atoms with van der Waals surface area (Å²) in [7, 11) is 0. The Morgan fingerprint density at radius 1 is 1.08 bits per heavy atom. The number of rotatable bonds is 9. The molecule has 0 bridgehead atoms. The number of halogens is 1. The van der Waals surface area contributed by atoms with Crippen LogP contribution in [-0.4, -0.2) is 48.8 Å². The van der Waals surface area contributed by atoms with Crippen LogP contribution < -0.4 is 14.4 Å². The van der Waals surface area contributed by atoms with Crippen molar-refractivity contribution in [2.75, 3.05) is 31.2 Å². The third kappa shape index (κ3) is 5.25. The van der Waals surface area contributed by atoms with Gasteiger partial charge in [0.1, 0.15) is 11.5 Å². The molecule has 2 aromatic carbocycles. The average molecular weight is 495 g/mol. The van der Waals surface area contributed by atoms with E-state index in [0.717, 1.165) is 5.56 Å². The number of anilines is 1. The Balaban J connectivity index is 1.52. The molecule has 1 aromatic heterocycles. The first-order valence-electron chi connectivity index (χ1n) is 11.7. The molecule has 0 saturated carbocycles. The molecule has 0 saturated heterocycles. The van der Waals surface area contributed by atoms with E-state index in [0.29, 0.717) is 30.3 Å². The monoisotopic (exact) mass is 494 g/mol. The number of benzene rings is 2. The Morgan fingerprint density at radius 2 is 1.86 bits per heavy atom. The van der Waals surface area contributed by atoms with Gasteiger partial charge in [0.05, 0.1) is 12.2 Å². The van der Waals surface area contributed by atoms with Crippen LogP contribution in [0.2, 0.25) is 0 Å². The number of amides is 2. The Bertz CT molecular complexity index is 1300. The van der Waals surface area contributed by atoms with Gasteiger partial charge in [-0.1, -0.05) is 6.07 Å². The zero-order chi connectivity index (χ0) is 25.8. The van der Waals surface area contributed by atoms with Crippen molar-refractivity contribution in [1.82, 2.24) is 4.90 Å². The first-order valence-corrected chi connectivity index (χ1v) is 11.7. The third-order valence-corrected chi connectivity index (χ3v) is 5.91. The summed E-state index contributed by atoms with van der Waals surface area (Å²) < 4.78 is 30.6. The number of fused-ring (bicyclic) bond motifs is 1. The minimum Gasteiger partial charge on any atom is -0.482 e. The number of nitrogens with zero attached hydrogens (tertiary/aromatic N) is 2. The normalized spacial score (nSPS) is 12.7. The van der Waals surface area contributed by atoms with Crippen molar-refractivity contribution in [3.05, 3.63) is 77.0 Å². The van der Waals surface area contributed by atoms with Gasteiger partial charge in [-0.3, -0.25) is 19.3 Å². The van der Waals surface area contributed by atoms with Crippen LogP contribution in [0.1, 0.15) is 46.1 Å². The van der Waals surface area contributed by atoms with Crippen LogP contribution in [0, 0.1) is 12.7 Å². The van der Waals surface area contributed by atoms with Crippen molar-refractivity contribution in [2.45, 2.75) is 27.3 Å². The maximum Gasteiger partial charge on any atom is 0.289 e. The molecule has 4 rings (SSSR count). The molecule has 8 nitrogen and oxygen atoms in total. The fourth-order valence-electron chi connectivity index (χ4n) is 3.90. The van der Waals surface area contributed by atoms with E-state index >= 15 is 0 Å². The first kappa shape index (κ1) is 25.0. The molecule has 1 aliphatic heterocycles. The van der Waals surface area contributed by atoms with Crippen LogP contribution in [0.4, 0.5) is 10.1 Å². The number of Topliss-reactive ketones (excluding diaryl/α,β-unsaturated/α-hetero) is 1. The van der Waals surface area contributed by atoms with Gasteiger partial charge in [0, 0.05) is 18.7 Å². The largest absolute Gasteiger partial charge is 0.482 e. The van der Waals surface area contributed by atoms with Crippen LogP contribution in [0.15, 0.2) is 52.9 Å². The predicted octanol–water partition coefficient (Wildman–Crippen LogP) is 4.40. The van der Waals surface area contributed by atoms with Gasteiger partial charge in [-0.05, 0) is 68.8 Å². The van der Waals surface area contributed by atoms with Crippen LogP contribution in [0.3, 0.4) is 0 Å². The molecule has 2 amide bonds. The summed E-state index contributed by atoms with van der Waals surface area (Å²) in [5, 5.41) is 0. The summed E-state index contributed by atoms with van der Waals surface area (Å²) in [6.45, 7) is 6.19. The smallest absolute Gasteiger partial charge is 0.289 e. The zero-order valence-electron chi connectivity index (χ0n) is 20.4. The number of aryl methyl sites for hydroxylation is 1. The second-order valence-electron chi connectivity index (χ2n) is 8.34. The molecule has 3 aromatic rings. The number of ketones is 1. The van der Waals surface area contributed by atoms with Crippen molar-refractivity contribution in [2.24, 2.45) is 0 Å². The van der Waals surface area contributed by atoms with E-state index in [4.69, 9.17) is 13.9 Å². The molecule has 0 atom stereocenters. The van der Waals surface area contributed by atoms with Gasteiger partial charge in [-0.25, -0.2) is 4.39 Å². The van der Waals surface area contributed by atoms with Gasteiger partial charge >= 0.3 is 0 Å². The lowest BCUT2D eigenvalue weighted by Gasteiger charge is -2.29. The van der Waals surface area contributed by atoms with E-state index < -0.39 is 5.82 Å². The van der Waals surface area contributed by atoms with E-state index in [1.807, 2.05) is 13.8 Å². The summed E-state index contributed by atoms with van der Waals surface area (Å²) in [5.41, 5.74) is 1.48. The van der Waals surface area contributed by atoms with Gasteiger partial charge in [0.2, 0.25) is 0 Å². The van der Waals surface area contributed by atoms with Crippen molar-refractivity contribution in [3.63, 3.8) is 0 Å². The third-order valence-electron chi connectivity index (χ3n) is 5.91. The number of carbonyl (C=O) groups is 3. The molecular weight excluding hydrogens is 467 g/mol. The topological polar surface area (TPSA) is 89.3 Å². The van der Waals surface area contributed by atoms with Gasteiger partial charge < -0.3 is 18.8 Å². The molecule has 2 heterocycles. The second kappa shape index (κ2) is 10.6. The molecule has 0 N–H and O–H groups in total. The summed E-state index contributed by atoms with van der Waals surface area (Å²) >= 11 is 0. The molecule has 0 fully saturated rings. The van der Waals surface area contributed by atoms with Crippen LogP contribution in [-0.2, 0) is 11.3 Å². The maximum absolute atomic E-state index is 14.0. The molecule has 36 heavy (non-hydrogen) atoms. The van der Waals surface area contributed by atoms with E-state index in [9.17, 15) is 18.8 Å². The highest BCUT2D eigenvalue weighted by Crippen LogP contribution is 2.34. The maximum atomic E-state index is 14.0. The van der Waals surface area contributed by atoms with E-state index in [2.05, 4.69) is 0 Å². The molecule has 0 radical (unpaired) electrons. The first-order chi connectivity index (χ1) is 17.3. The molecule has 188 valence electrons. The summed E-state index contributed by atoms with van der Waals surface area (Å²) in [6.07, 6.45) is 0. The number of carbonyl (C=O) groups excluding carboxylic acids is 3. The predicted molar refractivity (Wildman–Crippen MR) is 130 cm³/mol. The van der Waals surface area contributed by atoms with Crippen molar-refractivity contribution in [3.8, 4) is 11.5 Å². The highest BCUT2D eigenvalue weighted by atomic mass is 19.1. The van der Waals surface area contributed by atoms with Gasteiger partial charge in [0.15, 0.2) is 36.3 Å². The standard InChI is InChI=1S/C27H27FN2O6/c1-4-29(5-2)27(33)24-11-8-19(36-24)14-30-21-13-18(7-10-23(21)35-16-26(30)32)22(31)15-34-25-12-17(3)6-9-20(25)28/h6-13H,4-5,14-16H2,1-3H3. The molecule has 0 spiro atoms. The Kier molecular flexibility index (Phi) is 7.38. The Labute approximate surface area is 208 Å². The van der Waals surface area contributed by atoms with Crippen LogP contribution in [0.25, 0.3) is 0 Å². The van der Waals surface area contributed by atoms with E-state index in [1.165, 1.54) is 23.1 Å². The second-order valence-corrected chi connectivity index (χ2v) is 8.34. The van der Waals surface area contributed by atoms with Crippen molar-refractivity contribution < 1.29 is 32.7 Å². The van der Waals surface area contributed by atoms with Gasteiger partial charge in [-0.2, -0.15) is 0 Å². The average Bonchev–Trinajstić information content (AvgIpc) is 3.35. The highest BCUT2D eigenvalue weighted by molar-refractivity contribution is 6.02. The number of hydrogen-bond acceptors (Lipinski definition) is 6. The number of hydrogen-bond donors (Lipinski definition) is 0.